The molecule has 0 atom stereocenters. The van der Waals surface area contributed by atoms with Crippen molar-refractivity contribution in [2.24, 2.45) is 7.05 Å². The summed E-state index contributed by atoms with van der Waals surface area (Å²) >= 11 is 0. The Morgan fingerprint density at radius 1 is 1.43 bits per heavy atom. The fourth-order valence-electron chi connectivity index (χ4n) is 2.27. The Morgan fingerprint density at radius 3 is 2.74 bits per heavy atom. The van der Waals surface area contributed by atoms with E-state index >= 15 is 0 Å². The minimum absolute atomic E-state index is 0.216. The lowest BCUT2D eigenvalue weighted by Gasteiger charge is -2.10. The van der Waals surface area contributed by atoms with Crippen LogP contribution in [-0.4, -0.2) is 9.72 Å². The maximum Gasteiger partial charge on any atom is 0.293 e. The molecule has 0 saturated heterocycles. The first-order chi connectivity index (χ1) is 11.0. The van der Waals surface area contributed by atoms with E-state index in [1.165, 1.54) is 4.57 Å². The number of hydrogen-bond acceptors (Lipinski definition) is 4. The lowest BCUT2D eigenvalue weighted by Crippen LogP contribution is -2.18. The van der Waals surface area contributed by atoms with E-state index in [2.05, 4.69) is 11.7 Å². The van der Waals surface area contributed by atoms with Crippen LogP contribution >= 0.6 is 0 Å². The number of rotatable bonds is 5. The highest BCUT2D eigenvalue weighted by Crippen LogP contribution is 2.28. The Balaban J connectivity index is 2.51. The van der Waals surface area contributed by atoms with Gasteiger partial charge >= 0.3 is 0 Å². The first-order valence-corrected chi connectivity index (χ1v) is 7.25. The van der Waals surface area contributed by atoms with Gasteiger partial charge in [0.1, 0.15) is 11.5 Å². The first-order valence-electron chi connectivity index (χ1n) is 7.25. The van der Waals surface area contributed by atoms with Crippen molar-refractivity contribution >= 4 is 0 Å². The van der Waals surface area contributed by atoms with Gasteiger partial charge in [0.2, 0.25) is 0 Å². The zero-order valence-corrected chi connectivity index (χ0v) is 13.8. The zero-order valence-electron chi connectivity index (χ0n) is 13.8. The molecule has 2 aromatic heterocycles. The van der Waals surface area contributed by atoms with Crippen LogP contribution in [0.3, 0.4) is 0 Å². The number of nitrogens with zero attached hydrogens (tertiary/aromatic N) is 2. The van der Waals surface area contributed by atoms with Crippen LogP contribution in [0.4, 0.5) is 0 Å². The summed E-state index contributed by atoms with van der Waals surface area (Å²) in [6.45, 7) is 9.16. The van der Waals surface area contributed by atoms with E-state index < -0.39 is 0 Å². The summed E-state index contributed by atoms with van der Waals surface area (Å²) in [5, 5.41) is 3.96. The van der Waals surface area contributed by atoms with Crippen molar-refractivity contribution in [1.82, 2.24) is 9.72 Å². The molecule has 0 N–H and O–H groups in total. The summed E-state index contributed by atoms with van der Waals surface area (Å²) in [5.74, 6) is 1.51. The predicted octanol–water partition coefficient (Wildman–Crippen LogP) is 3.68. The fraction of sp³-hybridized carbons (Fsp3) is 0.222. The van der Waals surface area contributed by atoms with Crippen molar-refractivity contribution in [3.05, 3.63) is 70.7 Å². The molecule has 0 aliphatic carbocycles. The second-order valence-corrected chi connectivity index (χ2v) is 5.10. The molecule has 2 rings (SSSR count). The number of aryl methyl sites for hydroxylation is 3. The molecule has 0 aromatic carbocycles. The number of pyridine rings is 1. The average Bonchev–Trinajstić information content (AvgIpc) is 2.86. The van der Waals surface area contributed by atoms with Crippen LogP contribution < -0.4 is 10.3 Å². The molecule has 0 unspecified atom stereocenters. The van der Waals surface area contributed by atoms with Crippen LogP contribution in [0.5, 0.6) is 5.75 Å². The molecule has 0 saturated carbocycles. The second-order valence-electron chi connectivity index (χ2n) is 5.10. The number of allylic oxidation sites excluding steroid dienone is 4. The van der Waals surface area contributed by atoms with E-state index in [0.29, 0.717) is 11.5 Å². The Morgan fingerprint density at radius 2 is 2.17 bits per heavy atom. The summed E-state index contributed by atoms with van der Waals surface area (Å²) in [5.41, 5.74) is 2.24. The standard InChI is InChI=1S/C18H20N2O3/c1-6-8-9-15(7-2)22-16-10-14(11-20(5)18(16)21)17-12(3)19-23-13(17)4/h6-11H,1H2,2-5H3/b9-8-,15-7+. The molecule has 2 aromatic rings. The van der Waals surface area contributed by atoms with Crippen molar-refractivity contribution < 1.29 is 9.26 Å². The maximum absolute atomic E-state index is 12.3. The van der Waals surface area contributed by atoms with E-state index in [-0.39, 0.29) is 11.3 Å². The largest absolute Gasteiger partial charge is 0.452 e. The van der Waals surface area contributed by atoms with Gasteiger partial charge in [0.15, 0.2) is 5.75 Å². The van der Waals surface area contributed by atoms with E-state index in [1.54, 1.807) is 43.6 Å². The third-order valence-electron chi connectivity index (χ3n) is 3.38. The smallest absolute Gasteiger partial charge is 0.293 e. The van der Waals surface area contributed by atoms with Gasteiger partial charge in [-0.25, -0.2) is 0 Å². The van der Waals surface area contributed by atoms with E-state index in [0.717, 1.165) is 16.8 Å². The topological polar surface area (TPSA) is 57.3 Å². The maximum atomic E-state index is 12.3. The predicted molar refractivity (Wildman–Crippen MR) is 90.4 cm³/mol. The highest BCUT2D eigenvalue weighted by Gasteiger charge is 2.15. The van der Waals surface area contributed by atoms with Crippen LogP contribution in [0.1, 0.15) is 18.4 Å². The van der Waals surface area contributed by atoms with Crippen molar-refractivity contribution in [2.75, 3.05) is 0 Å². The molecule has 0 bridgehead atoms. The lowest BCUT2D eigenvalue weighted by molar-refractivity contribution is 0.393. The van der Waals surface area contributed by atoms with Crippen LogP contribution in [0, 0.1) is 13.8 Å². The summed E-state index contributed by atoms with van der Waals surface area (Å²) in [6.07, 6.45) is 8.66. The van der Waals surface area contributed by atoms with Gasteiger partial charge in [0.25, 0.3) is 5.56 Å². The molecule has 0 aliphatic heterocycles. The van der Waals surface area contributed by atoms with Crippen molar-refractivity contribution in [1.29, 1.82) is 0 Å². The van der Waals surface area contributed by atoms with Gasteiger partial charge in [-0.3, -0.25) is 4.79 Å². The SMILES string of the molecule is C=C/C=C\C(=C/C)Oc1cc(-c2c(C)noc2C)cn(C)c1=O. The Hall–Kier alpha value is -2.82. The molecule has 23 heavy (non-hydrogen) atoms. The van der Waals surface area contributed by atoms with Gasteiger partial charge in [-0.2, -0.15) is 0 Å². The fourth-order valence-corrected chi connectivity index (χ4v) is 2.27. The van der Waals surface area contributed by atoms with Gasteiger partial charge in [-0.05, 0) is 39.0 Å². The quantitative estimate of drug-likeness (QED) is 0.624. The molecule has 0 fully saturated rings. The lowest BCUT2D eigenvalue weighted by atomic mass is 10.1. The van der Waals surface area contributed by atoms with Gasteiger partial charge in [0.05, 0.1) is 5.69 Å². The molecule has 120 valence electrons. The molecule has 0 spiro atoms. The summed E-state index contributed by atoms with van der Waals surface area (Å²) in [6, 6.07) is 1.71. The molecule has 0 aliphatic rings. The molecule has 0 amide bonds. The second kappa shape index (κ2) is 6.96. The zero-order chi connectivity index (χ0) is 17.0. The van der Waals surface area contributed by atoms with Crippen LogP contribution in [-0.2, 0) is 7.05 Å². The molecular formula is C18H20N2O3. The molecule has 0 radical (unpaired) electrons. The minimum Gasteiger partial charge on any atom is -0.452 e. The molecule has 5 nitrogen and oxygen atoms in total. The molecule has 2 heterocycles. The third-order valence-corrected chi connectivity index (χ3v) is 3.38. The van der Waals surface area contributed by atoms with Crippen molar-refractivity contribution in [2.45, 2.75) is 20.8 Å². The Bertz CT molecular complexity index is 819. The first kappa shape index (κ1) is 16.5. The van der Waals surface area contributed by atoms with E-state index in [9.17, 15) is 4.79 Å². The van der Waals surface area contributed by atoms with Crippen LogP contribution in [0.25, 0.3) is 11.1 Å². The van der Waals surface area contributed by atoms with Crippen molar-refractivity contribution in [3.8, 4) is 16.9 Å². The normalized spacial score (nSPS) is 11.9. The van der Waals surface area contributed by atoms with Crippen LogP contribution in [0.2, 0.25) is 0 Å². The molecule has 5 heteroatoms. The number of ether oxygens (including phenoxy) is 1. The van der Waals surface area contributed by atoms with Gasteiger partial charge in [-0.1, -0.05) is 23.9 Å². The van der Waals surface area contributed by atoms with Crippen molar-refractivity contribution in [3.63, 3.8) is 0 Å². The molecular weight excluding hydrogens is 292 g/mol. The average molecular weight is 312 g/mol. The van der Waals surface area contributed by atoms with Gasteiger partial charge in [0, 0.05) is 24.4 Å². The van der Waals surface area contributed by atoms with E-state index in [1.807, 2.05) is 20.8 Å². The van der Waals surface area contributed by atoms with Gasteiger partial charge in [-0.15, -0.1) is 0 Å². The number of hydrogen-bond donors (Lipinski definition) is 0. The summed E-state index contributed by atoms with van der Waals surface area (Å²) in [4.78, 5) is 12.3. The van der Waals surface area contributed by atoms with Gasteiger partial charge < -0.3 is 13.8 Å². The minimum atomic E-state index is -0.216. The summed E-state index contributed by atoms with van der Waals surface area (Å²) in [7, 11) is 1.69. The van der Waals surface area contributed by atoms with Crippen LogP contribution in [0.15, 0.2) is 58.2 Å². The summed E-state index contributed by atoms with van der Waals surface area (Å²) < 4.78 is 12.4. The van der Waals surface area contributed by atoms with E-state index in [4.69, 9.17) is 9.26 Å². The number of aromatic nitrogens is 2. The highest BCUT2D eigenvalue weighted by molar-refractivity contribution is 5.68. The highest BCUT2D eigenvalue weighted by atomic mass is 16.5. The third kappa shape index (κ3) is 3.51. The monoisotopic (exact) mass is 312 g/mol. The Kier molecular flexibility index (Phi) is 5.01. The Labute approximate surface area is 135 Å².